The SMILES string of the molecule is CC(C)[C@H]1CC[C@@H](OC[C@H]2[C@@H](NS(C)(=O)=O)CCCN2S(C)(=O)=O)CC1. The van der Waals surface area contributed by atoms with Crippen molar-refractivity contribution in [1.82, 2.24) is 9.03 Å². The number of rotatable bonds is 7. The van der Waals surface area contributed by atoms with Crippen molar-refractivity contribution in [1.29, 1.82) is 0 Å². The van der Waals surface area contributed by atoms with Crippen molar-refractivity contribution in [3.05, 3.63) is 0 Å². The zero-order valence-corrected chi connectivity index (χ0v) is 18.0. The van der Waals surface area contributed by atoms with Crippen LogP contribution in [0.25, 0.3) is 0 Å². The molecule has 1 N–H and O–H groups in total. The Morgan fingerprint density at radius 2 is 1.65 bits per heavy atom. The first kappa shape index (κ1) is 22.1. The lowest BCUT2D eigenvalue weighted by Gasteiger charge is -2.40. The highest BCUT2D eigenvalue weighted by Crippen LogP contribution is 2.32. The molecule has 2 atom stereocenters. The van der Waals surface area contributed by atoms with Gasteiger partial charge in [0.2, 0.25) is 20.0 Å². The lowest BCUT2D eigenvalue weighted by molar-refractivity contribution is -0.0172. The number of nitrogens with zero attached hydrogens (tertiary/aromatic N) is 1. The van der Waals surface area contributed by atoms with Crippen LogP contribution in [0.4, 0.5) is 0 Å². The van der Waals surface area contributed by atoms with E-state index in [2.05, 4.69) is 18.6 Å². The largest absolute Gasteiger partial charge is 0.376 e. The quantitative estimate of drug-likeness (QED) is 0.687. The van der Waals surface area contributed by atoms with Crippen LogP contribution < -0.4 is 4.72 Å². The van der Waals surface area contributed by atoms with Crippen molar-refractivity contribution >= 4 is 20.0 Å². The molecule has 0 spiro atoms. The van der Waals surface area contributed by atoms with Gasteiger partial charge in [-0.3, -0.25) is 0 Å². The summed E-state index contributed by atoms with van der Waals surface area (Å²) in [7, 11) is -6.83. The van der Waals surface area contributed by atoms with E-state index in [-0.39, 0.29) is 12.7 Å². The van der Waals surface area contributed by atoms with Gasteiger partial charge < -0.3 is 4.74 Å². The Balaban J connectivity index is 2.02. The van der Waals surface area contributed by atoms with E-state index in [0.717, 1.165) is 37.9 Å². The fourth-order valence-corrected chi connectivity index (χ4v) is 6.19. The average Bonchev–Trinajstić information content (AvgIpc) is 2.51. The molecule has 2 fully saturated rings. The second kappa shape index (κ2) is 8.86. The second-order valence-corrected chi connectivity index (χ2v) is 11.9. The van der Waals surface area contributed by atoms with Crippen molar-refractivity contribution < 1.29 is 21.6 Å². The van der Waals surface area contributed by atoms with Crippen LogP contribution in [0.15, 0.2) is 0 Å². The van der Waals surface area contributed by atoms with E-state index in [0.29, 0.717) is 25.3 Å². The third-order valence-electron chi connectivity index (χ3n) is 5.68. The first-order chi connectivity index (χ1) is 12.0. The van der Waals surface area contributed by atoms with Crippen LogP contribution in [0.5, 0.6) is 0 Å². The van der Waals surface area contributed by atoms with Gasteiger partial charge in [0.1, 0.15) is 0 Å². The molecular weight excluding hydrogens is 376 g/mol. The van der Waals surface area contributed by atoms with Gasteiger partial charge in [0.05, 0.1) is 31.3 Å². The summed E-state index contributed by atoms with van der Waals surface area (Å²) in [5, 5.41) is 0. The van der Waals surface area contributed by atoms with Crippen LogP contribution in [-0.4, -0.2) is 65.0 Å². The predicted molar refractivity (Wildman–Crippen MR) is 103 cm³/mol. The highest BCUT2D eigenvalue weighted by Gasteiger charge is 2.38. The Morgan fingerprint density at radius 3 is 2.15 bits per heavy atom. The summed E-state index contributed by atoms with van der Waals surface area (Å²) < 4.78 is 57.8. The number of nitrogens with one attached hydrogen (secondary N) is 1. The monoisotopic (exact) mass is 410 g/mol. The zero-order chi connectivity index (χ0) is 19.5. The number of hydrogen-bond acceptors (Lipinski definition) is 5. The lowest BCUT2D eigenvalue weighted by Crippen LogP contribution is -2.58. The Labute approximate surface area is 159 Å². The molecule has 0 bridgehead atoms. The standard InChI is InChI=1S/C17H34N2O5S2/c1-13(2)14-7-9-15(10-8-14)24-12-17-16(18-25(3,20)21)6-5-11-19(17)26(4,22)23/h13-18H,5-12H2,1-4H3/t14-,15+,16-,17-/m0/s1. The fraction of sp³-hybridized carbons (Fsp3) is 1.00. The molecule has 0 aromatic rings. The minimum atomic E-state index is -3.42. The molecular formula is C17H34N2O5S2. The van der Waals surface area contributed by atoms with Crippen molar-refractivity contribution in [3.63, 3.8) is 0 Å². The Bertz CT molecular complexity index is 655. The lowest BCUT2D eigenvalue weighted by atomic mass is 9.80. The van der Waals surface area contributed by atoms with Crippen LogP contribution in [-0.2, 0) is 24.8 Å². The van der Waals surface area contributed by atoms with Gasteiger partial charge in [-0.25, -0.2) is 21.6 Å². The van der Waals surface area contributed by atoms with Gasteiger partial charge in [-0.15, -0.1) is 0 Å². The summed E-state index contributed by atoms with van der Waals surface area (Å²) in [6.07, 6.45) is 7.91. The molecule has 0 amide bonds. The van der Waals surface area contributed by atoms with Crippen LogP contribution in [0.1, 0.15) is 52.4 Å². The number of piperidine rings is 1. The molecule has 1 saturated carbocycles. The average molecular weight is 411 g/mol. The molecule has 2 rings (SSSR count). The molecule has 1 aliphatic carbocycles. The molecule has 0 aromatic heterocycles. The van der Waals surface area contributed by atoms with Gasteiger partial charge in [0.15, 0.2) is 0 Å². The molecule has 0 aromatic carbocycles. The highest BCUT2D eigenvalue weighted by atomic mass is 32.2. The molecule has 1 saturated heterocycles. The third kappa shape index (κ3) is 6.44. The topological polar surface area (TPSA) is 92.8 Å². The van der Waals surface area contributed by atoms with E-state index in [1.165, 1.54) is 10.6 Å². The van der Waals surface area contributed by atoms with E-state index in [1.807, 2.05) is 0 Å². The Hall–Kier alpha value is -0.220. The highest BCUT2D eigenvalue weighted by molar-refractivity contribution is 7.89. The van der Waals surface area contributed by atoms with Crippen molar-refractivity contribution in [2.75, 3.05) is 25.7 Å². The fourth-order valence-electron chi connectivity index (χ4n) is 4.21. The van der Waals surface area contributed by atoms with Crippen molar-refractivity contribution in [2.24, 2.45) is 11.8 Å². The summed E-state index contributed by atoms with van der Waals surface area (Å²) in [6, 6.07) is -0.934. The molecule has 26 heavy (non-hydrogen) atoms. The summed E-state index contributed by atoms with van der Waals surface area (Å²) >= 11 is 0. The van der Waals surface area contributed by atoms with Gasteiger partial charge in [-0.05, 0) is 50.4 Å². The summed E-state index contributed by atoms with van der Waals surface area (Å²) in [4.78, 5) is 0. The summed E-state index contributed by atoms with van der Waals surface area (Å²) in [5.41, 5.74) is 0. The Kier molecular flexibility index (Phi) is 7.52. The number of ether oxygens (including phenoxy) is 1. The van der Waals surface area contributed by atoms with Crippen LogP contribution in [0.2, 0.25) is 0 Å². The van der Waals surface area contributed by atoms with Gasteiger partial charge in [-0.2, -0.15) is 4.31 Å². The van der Waals surface area contributed by atoms with E-state index in [4.69, 9.17) is 4.74 Å². The smallest absolute Gasteiger partial charge is 0.211 e. The van der Waals surface area contributed by atoms with Crippen molar-refractivity contribution in [2.45, 2.75) is 70.6 Å². The Morgan fingerprint density at radius 1 is 1.04 bits per heavy atom. The molecule has 1 aliphatic heterocycles. The van der Waals surface area contributed by atoms with Crippen LogP contribution in [0.3, 0.4) is 0 Å². The van der Waals surface area contributed by atoms with E-state index >= 15 is 0 Å². The molecule has 0 unspecified atom stereocenters. The summed E-state index contributed by atoms with van der Waals surface area (Å²) in [6.45, 7) is 5.14. The minimum Gasteiger partial charge on any atom is -0.376 e. The van der Waals surface area contributed by atoms with Gasteiger partial charge in [0, 0.05) is 12.6 Å². The normalized spacial score (nSPS) is 32.0. The number of sulfonamides is 2. The summed E-state index contributed by atoms with van der Waals surface area (Å²) in [5.74, 6) is 1.41. The molecule has 154 valence electrons. The van der Waals surface area contributed by atoms with E-state index < -0.39 is 32.1 Å². The van der Waals surface area contributed by atoms with Gasteiger partial charge >= 0.3 is 0 Å². The molecule has 0 radical (unpaired) electrons. The third-order valence-corrected chi connectivity index (χ3v) is 7.72. The maximum atomic E-state index is 12.2. The van der Waals surface area contributed by atoms with E-state index in [9.17, 15) is 16.8 Å². The van der Waals surface area contributed by atoms with E-state index in [1.54, 1.807) is 0 Å². The maximum absolute atomic E-state index is 12.2. The van der Waals surface area contributed by atoms with Gasteiger partial charge in [0.25, 0.3) is 0 Å². The number of hydrogen-bond donors (Lipinski definition) is 1. The minimum absolute atomic E-state index is 0.132. The van der Waals surface area contributed by atoms with Gasteiger partial charge in [-0.1, -0.05) is 13.8 Å². The van der Waals surface area contributed by atoms with Crippen molar-refractivity contribution in [3.8, 4) is 0 Å². The predicted octanol–water partition coefficient (Wildman–Crippen LogP) is 1.56. The molecule has 1 heterocycles. The first-order valence-corrected chi connectivity index (χ1v) is 13.3. The molecule has 9 heteroatoms. The second-order valence-electron chi connectivity index (χ2n) is 8.19. The molecule has 2 aliphatic rings. The maximum Gasteiger partial charge on any atom is 0.211 e. The zero-order valence-electron chi connectivity index (χ0n) is 16.3. The van der Waals surface area contributed by atoms with Crippen LogP contribution in [0, 0.1) is 11.8 Å². The first-order valence-electron chi connectivity index (χ1n) is 9.53. The molecule has 7 nitrogen and oxygen atoms in total. The van der Waals surface area contributed by atoms with Crippen LogP contribution >= 0.6 is 0 Å².